The number of fused-ring (bicyclic) bond motifs is 2. The third-order valence-corrected chi connectivity index (χ3v) is 7.80. The molecule has 0 bridgehead atoms. The predicted octanol–water partition coefficient (Wildman–Crippen LogP) is 6.12. The minimum atomic E-state index is -0.845. The monoisotopic (exact) mass is 586 g/mol. The smallest absolute Gasteiger partial charge is 0.411 e. The number of carbonyl (C=O) groups is 1. The van der Waals surface area contributed by atoms with Gasteiger partial charge in [-0.2, -0.15) is 5.10 Å². The van der Waals surface area contributed by atoms with Crippen LogP contribution in [0.15, 0.2) is 34.4 Å². The van der Waals surface area contributed by atoms with Crippen LogP contribution in [0.4, 0.5) is 13.6 Å². The molecule has 5 rings (SSSR count). The lowest BCUT2D eigenvalue weighted by atomic mass is 9.98. The Bertz CT molecular complexity index is 1670. The molecule has 1 aliphatic rings. The highest BCUT2D eigenvalue weighted by molar-refractivity contribution is 7.17. The van der Waals surface area contributed by atoms with Gasteiger partial charge in [0.15, 0.2) is 0 Å². The van der Waals surface area contributed by atoms with Gasteiger partial charge in [0, 0.05) is 24.8 Å². The zero-order chi connectivity index (χ0) is 29.6. The van der Waals surface area contributed by atoms with Crippen molar-refractivity contribution in [1.29, 1.82) is 0 Å². The molecule has 1 aromatic carbocycles. The minimum Gasteiger partial charge on any atom is -0.490 e. The Kier molecular flexibility index (Phi) is 7.64. The molecule has 218 valence electrons. The lowest BCUT2D eigenvalue weighted by Crippen LogP contribution is -2.48. The summed E-state index contributed by atoms with van der Waals surface area (Å²) in [5.74, 6) is -1.67. The van der Waals surface area contributed by atoms with E-state index < -0.39 is 29.4 Å². The van der Waals surface area contributed by atoms with Gasteiger partial charge in [-0.15, -0.1) is 11.3 Å². The topological polar surface area (TPSA) is 98.7 Å². The summed E-state index contributed by atoms with van der Waals surface area (Å²) in [4.78, 5) is 30.7. The van der Waals surface area contributed by atoms with Gasteiger partial charge < -0.3 is 19.2 Å². The molecule has 0 fully saturated rings. The molecule has 3 aromatic heterocycles. The van der Waals surface area contributed by atoms with E-state index in [9.17, 15) is 14.0 Å². The fourth-order valence-electron chi connectivity index (χ4n) is 5.16. The Labute approximate surface area is 239 Å². The van der Waals surface area contributed by atoms with Gasteiger partial charge in [-0.1, -0.05) is 0 Å². The van der Waals surface area contributed by atoms with Crippen LogP contribution < -0.4 is 10.3 Å². The average molecular weight is 587 g/mol. The minimum absolute atomic E-state index is 0.00368. The van der Waals surface area contributed by atoms with Crippen LogP contribution in [0.2, 0.25) is 0 Å². The first-order chi connectivity index (χ1) is 19.4. The molecule has 1 amide bonds. The highest BCUT2D eigenvalue weighted by atomic mass is 32.1. The number of thiophene rings is 1. The van der Waals surface area contributed by atoms with Crippen LogP contribution in [-0.2, 0) is 16.0 Å². The number of nitrogens with zero attached hydrogens (tertiary/aromatic N) is 3. The Morgan fingerprint density at radius 2 is 1.93 bits per heavy atom. The summed E-state index contributed by atoms with van der Waals surface area (Å²) in [7, 11) is 1.50. The van der Waals surface area contributed by atoms with E-state index in [-0.39, 0.29) is 41.8 Å². The molecule has 0 saturated carbocycles. The molecule has 12 heteroatoms. The molecule has 9 nitrogen and oxygen atoms in total. The zero-order valence-electron chi connectivity index (χ0n) is 23.7. The summed E-state index contributed by atoms with van der Waals surface area (Å²) in [5.41, 5.74) is 0.664. The standard InChI is InChI=1S/C29H32F2N4O5S/c1-15-14-34-21(16(2)35(15)28(37)40-29(3,4)5)13-20(33-34)25-24(26-18(7-10-41-26)27(36)32-25)23-19(31)11-17(30)12-22(23)39-9-8-38-6/h7,10-13,15-16H,8-9,14H2,1-6H3,(H,32,36)/t15-,16+/m1/s1. The van der Waals surface area contributed by atoms with Crippen molar-refractivity contribution in [2.24, 2.45) is 0 Å². The second-order valence-corrected chi connectivity index (χ2v) is 11.9. The number of ether oxygens (including phenoxy) is 3. The summed E-state index contributed by atoms with van der Waals surface area (Å²) in [5, 5.41) is 6.88. The predicted molar refractivity (Wildman–Crippen MR) is 152 cm³/mol. The van der Waals surface area contributed by atoms with Crippen molar-refractivity contribution in [2.45, 2.75) is 58.8 Å². The molecule has 4 heterocycles. The molecule has 1 N–H and O–H groups in total. The number of carbonyl (C=O) groups excluding carboxylic acids is 1. The highest BCUT2D eigenvalue weighted by Crippen LogP contribution is 2.44. The van der Waals surface area contributed by atoms with E-state index in [1.807, 2.05) is 34.6 Å². The lowest BCUT2D eigenvalue weighted by molar-refractivity contribution is -0.000303. The van der Waals surface area contributed by atoms with Gasteiger partial charge in [0.25, 0.3) is 5.56 Å². The Morgan fingerprint density at radius 3 is 2.63 bits per heavy atom. The van der Waals surface area contributed by atoms with E-state index in [0.717, 1.165) is 17.8 Å². The van der Waals surface area contributed by atoms with Crippen molar-refractivity contribution in [1.82, 2.24) is 19.7 Å². The van der Waals surface area contributed by atoms with Crippen LogP contribution in [0.3, 0.4) is 0 Å². The van der Waals surface area contributed by atoms with Gasteiger partial charge in [-0.25, -0.2) is 13.6 Å². The van der Waals surface area contributed by atoms with Gasteiger partial charge >= 0.3 is 6.09 Å². The third kappa shape index (κ3) is 5.45. The van der Waals surface area contributed by atoms with Crippen LogP contribution in [0.25, 0.3) is 32.6 Å². The van der Waals surface area contributed by atoms with E-state index in [1.165, 1.54) is 18.4 Å². The number of nitrogens with one attached hydrogen (secondary N) is 1. The van der Waals surface area contributed by atoms with Crippen molar-refractivity contribution in [3.8, 4) is 28.3 Å². The van der Waals surface area contributed by atoms with E-state index in [2.05, 4.69) is 4.98 Å². The summed E-state index contributed by atoms with van der Waals surface area (Å²) < 4.78 is 48.7. The summed E-state index contributed by atoms with van der Waals surface area (Å²) >= 11 is 1.26. The summed E-state index contributed by atoms with van der Waals surface area (Å²) in [6.45, 7) is 9.89. The number of pyridine rings is 1. The first kappa shape index (κ1) is 28.7. The molecule has 4 aromatic rings. The molecule has 0 unspecified atom stereocenters. The normalized spacial score (nSPS) is 17.1. The second kappa shape index (κ2) is 10.9. The van der Waals surface area contributed by atoms with Gasteiger partial charge in [-0.3, -0.25) is 14.4 Å². The van der Waals surface area contributed by atoms with Crippen LogP contribution in [0, 0.1) is 11.6 Å². The van der Waals surface area contributed by atoms with Crippen molar-refractivity contribution >= 4 is 27.5 Å². The maximum Gasteiger partial charge on any atom is 0.411 e. The maximum absolute atomic E-state index is 15.6. The number of halogens is 2. The Hall–Kier alpha value is -3.77. The first-order valence-corrected chi connectivity index (χ1v) is 14.1. The van der Waals surface area contributed by atoms with E-state index in [0.29, 0.717) is 27.9 Å². The molecular weight excluding hydrogens is 554 g/mol. The number of aromatic nitrogens is 3. The van der Waals surface area contributed by atoms with Crippen molar-refractivity contribution < 1.29 is 27.8 Å². The number of rotatable bonds is 6. The number of H-pyrrole nitrogens is 1. The van der Waals surface area contributed by atoms with Crippen LogP contribution in [0.1, 0.15) is 46.4 Å². The summed E-state index contributed by atoms with van der Waals surface area (Å²) in [6, 6.07) is 4.70. The number of hydrogen-bond donors (Lipinski definition) is 1. The largest absolute Gasteiger partial charge is 0.490 e. The van der Waals surface area contributed by atoms with Gasteiger partial charge in [0.2, 0.25) is 0 Å². The molecule has 0 spiro atoms. The number of amides is 1. The fourth-order valence-corrected chi connectivity index (χ4v) is 6.11. The number of methoxy groups -OCH3 is 1. The quantitative estimate of drug-likeness (QED) is 0.273. The number of hydrogen-bond acceptors (Lipinski definition) is 7. The Morgan fingerprint density at radius 1 is 1.17 bits per heavy atom. The van der Waals surface area contributed by atoms with Crippen molar-refractivity contribution in [2.75, 3.05) is 20.3 Å². The molecule has 1 aliphatic heterocycles. The highest BCUT2D eigenvalue weighted by Gasteiger charge is 2.37. The molecule has 0 radical (unpaired) electrons. The fraction of sp³-hybridized carbons (Fsp3) is 0.414. The number of aromatic amines is 1. The van der Waals surface area contributed by atoms with Crippen molar-refractivity contribution in [3.63, 3.8) is 0 Å². The molecule has 0 saturated heterocycles. The summed E-state index contributed by atoms with van der Waals surface area (Å²) in [6.07, 6.45) is -0.438. The third-order valence-electron chi connectivity index (χ3n) is 6.87. The van der Waals surface area contributed by atoms with Crippen molar-refractivity contribution in [3.05, 3.63) is 57.3 Å². The van der Waals surface area contributed by atoms with Crippen LogP contribution in [0.5, 0.6) is 5.75 Å². The van der Waals surface area contributed by atoms with E-state index in [4.69, 9.17) is 19.3 Å². The van der Waals surface area contributed by atoms with Crippen LogP contribution in [-0.4, -0.2) is 57.7 Å². The van der Waals surface area contributed by atoms with E-state index >= 15 is 4.39 Å². The molecule has 2 atom stereocenters. The lowest BCUT2D eigenvalue weighted by Gasteiger charge is -2.39. The molecular formula is C29H32F2N4O5S. The van der Waals surface area contributed by atoms with Gasteiger partial charge in [0.05, 0.1) is 52.3 Å². The average Bonchev–Trinajstić information content (AvgIpc) is 3.52. The number of benzene rings is 1. The molecule has 0 aliphatic carbocycles. The van der Waals surface area contributed by atoms with Gasteiger partial charge in [0.1, 0.15) is 35.3 Å². The Balaban J connectivity index is 1.68. The SMILES string of the molecule is COCCOc1cc(F)cc(F)c1-c1c(-c2cc3n(n2)C[C@@H](C)N(C(=O)OC(C)(C)C)[C@H]3C)[nH]c(=O)c2ccsc12. The van der Waals surface area contributed by atoms with Gasteiger partial charge in [-0.05, 0) is 52.1 Å². The van der Waals surface area contributed by atoms with Crippen LogP contribution >= 0.6 is 11.3 Å². The second-order valence-electron chi connectivity index (χ2n) is 11.0. The molecule has 41 heavy (non-hydrogen) atoms. The zero-order valence-corrected chi connectivity index (χ0v) is 24.5. The first-order valence-electron chi connectivity index (χ1n) is 13.2. The maximum atomic E-state index is 15.6. The van der Waals surface area contributed by atoms with E-state index in [1.54, 1.807) is 27.1 Å².